The third-order valence-corrected chi connectivity index (χ3v) is 2.38. The Hall–Kier alpha value is -2.10. The summed E-state index contributed by atoms with van der Waals surface area (Å²) in [6.07, 6.45) is 2.75. The van der Waals surface area contributed by atoms with E-state index in [0.717, 1.165) is 11.8 Å². The number of hydrogen-bond donors (Lipinski definition) is 1. The first-order chi connectivity index (χ1) is 7.70. The van der Waals surface area contributed by atoms with Crippen molar-refractivity contribution in [2.45, 2.75) is 12.5 Å². The number of aromatic carboxylic acids is 1. The Balaban J connectivity index is 2.17. The smallest absolute Gasteiger partial charge is 0.335 e. The molecule has 2 rings (SSSR count). The van der Waals surface area contributed by atoms with Gasteiger partial charge in [-0.05, 0) is 18.2 Å². The second kappa shape index (κ2) is 4.18. The quantitative estimate of drug-likeness (QED) is 0.784. The summed E-state index contributed by atoms with van der Waals surface area (Å²) >= 11 is 0. The summed E-state index contributed by atoms with van der Waals surface area (Å²) in [5.74, 6) is -0.326. The molecule has 4 nitrogen and oxygen atoms in total. The third kappa shape index (κ3) is 1.95. The van der Waals surface area contributed by atoms with Crippen LogP contribution < -0.4 is 0 Å². The van der Waals surface area contributed by atoms with E-state index >= 15 is 0 Å². The van der Waals surface area contributed by atoms with Gasteiger partial charge in [0.2, 0.25) is 0 Å². The van der Waals surface area contributed by atoms with Crippen LogP contribution in [0.5, 0.6) is 0 Å². The van der Waals surface area contributed by atoms with Gasteiger partial charge in [-0.2, -0.15) is 0 Å². The molecule has 0 bridgehead atoms. The summed E-state index contributed by atoms with van der Waals surface area (Å²) < 4.78 is 5.34. The molecule has 4 heteroatoms. The molecule has 1 aromatic rings. The molecule has 0 saturated heterocycles. The highest BCUT2D eigenvalue weighted by molar-refractivity contribution is 5.88. The molecule has 1 aliphatic heterocycles. The van der Waals surface area contributed by atoms with Crippen LogP contribution in [0.2, 0.25) is 0 Å². The Labute approximate surface area is 92.2 Å². The van der Waals surface area contributed by atoms with Gasteiger partial charge in [0.25, 0.3) is 0 Å². The van der Waals surface area contributed by atoms with E-state index in [2.05, 4.69) is 0 Å². The van der Waals surface area contributed by atoms with Crippen molar-refractivity contribution >= 4 is 18.0 Å². The molecule has 1 N–H and O–H groups in total. The highest BCUT2D eigenvalue weighted by atomic mass is 16.5. The van der Waals surface area contributed by atoms with E-state index in [0.29, 0.717) is 12.2 Å². The Morgan fingerprint density at radius 2 is 2.06 bits per heavy atom. The lowest BCUT2D eigenvalue weighted by atomic mass is 10.1. The van der Waals surface area contributed by atoms with Crippen molar-refractivity contribution in [2.75, 3.05) is 0 Å². The summed E-state index contributed by atoms with van der Waals surface area (Å²) in [6.45, 7) is 0. The lowest BCUT2D eigenvalue weighted by Crippen LogP contribution is -2.06. The normalized spacial score (nSPS) is 18.8. The molecule has 16 heavy (non-hydrogen) atoms. The number of carboxylic acid groups (broad SMARTS) is 1. The van der Waals surface area contributed by atoms with Gasteiger partial charge in [0, 0.05) is 12.0 Å². The molecule has 1 aliphatic rings. The number of benzene rings is 1. The summed E-state index contributed by atoms with van der Waals surface area (Å²) in [4.78, 5) is 21.1. The van der Waals surface area contributed by atoms with Gasteiger partial charge >= 0.3 is 5.97 Å². The van der Waals surface area contributed by atoms with Gasteiger partial charge < -0.3 is 9.84 Å². The first kappa shape index (κ1) is 10.4. The van der Waals surface area contributed by atoms with E-state index in [4.69, 9.17) is 9.84 Å². The molecule has 0 fully saturated rings. The molecular weight excluding hydrogens is 208 g/mol. The minimum absolute atomic E-state index is 0.231. The van der Waals surface area contributed by atoms with Gasteiger partial charge in [-0.3, -0.25) is 4.79 Å². The van der Waals surface area contributed by atoms with Gasteiger partial charge in [-0.1, -0.05) is 12.1 Å². The molecule has 0 saturated carbocycles. The zero-order chi connectivity index (χ0) is 11.5. The number of aldehydes is 1. The van der Waals surface area contributed by atoms with Gasteiger partial charge in [0.1, 0.15) is 5.76 Å². The molecule has 0 spiro atoms. The Bertz CT molecular complexity index is 445. The number of hydrogen-bond acceptors (Lipinski definition) is 3. The lowest BCUT2D eigenvalue weighted by Gasteiger charge is -2.07. The van der Waals surface area contributed by atoms with E-state index < -0.39 is 12.1 Å². The monoisotopic (exact) mass is 218 g/mol. The predicted molar refractivity (Wildman–Crippen MR) is 56.9 cm³/mol. The maximum atomic E-state index is 10.6. The van der Waals surface area contributed by atoms with Crippen molar-refractivity contribution in [3.8, 4) is 0 Å². The zero-order valence-electron chi connectivity index (χ0n) is 8.42. The van der Waals surface area contributed by atoms with Gasteiger partial charge in [-0.15, -0.1) is 0 Å². The molecule has 1 unspecified atom stereocenters. The molecule has 0 radical (unpaired) electrons. The summed E-state index contributed by atoms with van der Waals surface area (Å²) in [6, 6.07) is 6.36. The maximum Gasteiger partial charge on any atom is 0.335 e. The SMILES string of the molecule is O=CC1CC=C(c2ccc(C(=O)O)cc2)O1. The molecule has 1 atom stereocenters. The molecule has 0 aliphatic carbocycles. The average Bonchev–Trinajstić information content (AvgIpc) is 2.77. The molecular formula is C12H10O4. The van der Waals surface area contributed by atoms with Crippen molar-refractivity contribution in [1.82, 2.24) is 0 Å². The summed E-state index contributed by atoms with van der Waals surface area (Å²) in [5.41, 5.74) is 1.02. The van der Waals surface area contributed by atoms with Gasteiger partial charge in [-0.25, -0.2) is 4.79 Å². The van der Waals surface area contributed by atoms with Crippen LogP contribution in [-0.4, -0.2) is 23.5 Å². The Morgan fingerprint density at radius 3 is 2.56 bits per heavy atom. The zero-order valence-corrected chi connectivity index (χ0v) is 8.42. The van der Waals surface area contributed by atoms with Crippen LogP contribution in [0.15, 0.2) is 30.3 Å². The minimum atomic E-state index is -0.960. The van der Waals surface area contributed by atoms with E-state index in [1.165, 1.54) is 12.1 Å². The molecule has 0 aromatic heterocycles. The van der Waals surface area contributed by atoms with Crippen LogP contribution in [0.3, 0.4) is 0 Å². The molecule has 1 aromatic carbocycles. The highest BCUT2D eigenvalue weighted by Crippen LogP contribution is 2.25. The number of carbonyl (C=O) groups excluding carboxylic acids is 1. The third-order valence-electron chi connectivity index (χ3n) is 2.38. The molecule has 82 valence electrons. The van der Waals surface area contributed by atoms with E-state index in [1.54, 1.807) is 12.1 Å². The lowest BCUT2D eigenvalue weighted by molar-refractivity contribution is -0.113. The van der Waals surface area contributed by atoms with E-state index in [9.17, 15) is 9.59 Å². The number of rotatable bonds is 3. The fraction of sp³-hybridized carbons (Fsp3) is 0.167. The summed E-state index contributed by atoms with van der Waals surface area (Å²) in [5, 5.41) is 8.73. The average molecular weight is 218 g/mol. The highest BCUT2D eigenvalue weighted by Gasteiger charge is 2.18. The van der Waals surface area contributed by atoms with Crippen molar-refractivity contribution in [3.05, 3.63) is 41.5 Å². The topological polar surface area (TPSA) is 63.6 Å². The number of carboxylic acids is 1. The molecule has 1 heterocycles. The predicted octanol–water partition coefficient (Wildman–Crippen LogP) is 1.71. The Morgan fingerprint density at radius 1 is 1.38 bits per heavy atom. The fourth-order valence-electron chi connectivity index (χ4n) is 1.53. The van der Waals surface area contributed by atoms with E-state index in [1.807, 2.05) is 6.08 Å². The van der Waals surface area contributed by atoms with Crippen LogP contribution >= 0.6 is 0 Å². The van der Waals surface area contributed by atoms with Crippen molar-refractivity contribution in [1.29, 1.82) is 0 Å². The minimum Gasteiger partial charge on any atom is -0.482 e. The van der Waals surface area contributed by atoms with Gasteiger partial charge in [0.05, 0.1) is 5.56 Å². The number of carbonyl (C=O) groups is 2. The number of ether oxygens (including phenoxy) is 1. The van der Waals surface area contributed by atoms with E-state index in [-0.39, 0.29) is 5.56 Å². The first-order valence-electron chi connectivity index (χ1n) is 4.86. The van der Waals surface area contributed by atoms with Crippen LogP contribution in [0.25, 0.3) is 5.76 Å². The fourth-order valence-corrected chi connectivity index (χ4v) is 1.53. The second-order valence-electron chi connectivity index (χ2n) is 3.48. The van der Waals surface area contributed by atoms with Crippen LogP contribution in [-0.2, 0) is 9.53 Å². The summed E-state index contributed by atoms with van der Waals surface area (Å²) in [7, 11) is 0. The molecule has 0 amide bonds. The van der Waals surface area contributed by atoms with Crippen molar-refractivity contribution in [3.63, 3.8) is 0 Å². The largest absolute Gasteiger partial charge is 0.482 e. The van der Waals surface area contributed by atoms with Gasteiger partial charge in [0.15, 0.2) is 12.4 Å². The van der Waals surface area contributed by atoms with Crippen molar-refractivity contribution in [2.24, 2.45) is 0 Å². The first-order valence-corrected chi connectivity index (χ1v) is 4.86. The van der Waals surface area contributed by atoms with Crippen LogP contribution in [0, 0.1) is 0 Å². The van der Waals surface area contributed by atoms with Crippen LogP contribution in [0.4, 0.5) is 0 Å². The van der Waals surface area contributed by atoms with Crippen molar-refractivity contribution < 1.29 is 19.4 Å². The maximum absolute atomic E-state index is 10.6. The standard InChI is InChI=1S/C12H10O4/c13-7-10-5-6-11(16-10)8-1-3-9(4-2-8)12(14)15/h1-4,6-7,10H,5H2,(H,14,15). The van der Waals surface area contributed by atoms with Crippen LogP contribution in [0.1, 0.15) is 22.3 Å². The Kier molecular flexibility index (Phi) is 2.72. The second-order valence-corrected chi connectivity index (χ2v) is 3.48.